The number of nitrogens with two attached hydrogens (primary N) is 1. The zero-order chi connectivity index (χ0) is 22.2. The topological polar surface area (TPSA) is 89.9 Å². The van der Waals surface area contributed by atoms with Crippen molar-refractivity contribution in [2.75, 3.05) is 19.0 Å². The molecule has 31 heavy (non-hydrogen) atoms. The third-order valence-corrected chi connectivity index (χ3v) is 6.50. The van der Waals surface area contributed by atoms with Crippen LogP contribution in [0, 0.1) is 0 Å². The number of rotatable bonds is 4. The number of benzene rings is 1. The van der Waals surface area contributed by atoms with E-state index in [1.165, 1.54) is 0 Å². The Bertz CT molecular complexity index is 1130. The van der Waals surface area contributed by atoms with Crippen molar-refractivity contribution in [2.24, 2.45) is 5.73 Å². The molecule has 2 heterocycles. The van der Waals surface area contributed by atoms with E-state index in [2.05, 4.69) is 16.9 Å². The lowest BCUT2D eigenvalue weighted by atomic mass is 9.70. The smallest absolute Gasteiger partial charge is 0.267 e. The summed E-state index contributed by atoms with van der Waals surface area (Å²) < 4.78 is 1.61. The first-order chi connectivity index (χ1) is 14.7. The molecule has 0 amide bonds. The van der Waals surface area contributed by atoms with Gasteiger partial charge in [0.1, 0.15) is 0 Å². The minimum atomic E-state index is -0.457. The van der Waals surface area contributed by atoms with Gasteiger partial charge in [-0.1, -0.05) is 23.7 Å². The lowest BCUT2D eigenvalue weighted by Crippen LogP contribution is -2.49. The highest BCUT2D eigenvalue weighted by molar-refractivity contribution is 6.30. The van der Waals surface area contributed by atoms with Crippen molar-refractivity contribution in [3.8, 4) is 11.3 Å². The molecule has 0 saturated heterocycles. The van der Waals surface area contributed by atoms with Crippen LogP contribution in [0.15, 0.2) is 53.6 Å². The number of halogens is 1. The predicted molar refractivity (Wildman–Crippen MR) is 123 cm³/mol. The number of nitrogens with zero attached hydrogens (tertiary/aromatic N) is 5. The van der Waals surface area contributed by atoms with Crippen molar-refractivity contribution in [1.29, 1.82) is 0 Å². The maximum atomic E-state index is 12.7. The zero-order valence-electron chi connectivity index (χ0n) is 18.0. The maximum Gasteiger partial charge on any atom is 0.267 e. The lowest BCUT2D eigenvalue weighted by molar-refractivity contribution is 0.133. The van der Waals surface area contributed by atoms with Crippen LogP contribution >= 0.6 is 11.6 Å². The fourth-order valence-electron chi connectivity index (χ4n) is 4.17. The Morgan fingerprint density at radius 2 is 1.74 bits per heavy atom. The van der Waals surface area contributed by atoms with Gasteiger partial charge in [0, 0.05) is 48.7 Å². The zero-order valence-corrected chi connectivity index (χ0v) is 18.8. The SMILES string of the molecule is CN(C)c1ncc(-c2ccc(=O)n(C3(C)CCC(N)(c4cccc(Cl)c4)CC3)n2)cn1. The second-order valence-corrected chi connectivity index (χ2v) is 9.23. The van der Waals surface area contributed by atoms with Crippen molar-refractivity contribution in [1.82, 2.24) is 19.7 Å². The van der Waals surface area contributed by atoms with Crippen molar-refractivity contribution in [3.63, 3.8) is 0 Å². The Balaban J connectivity index is 1.61. The third kappa shape index (κ3) is 4.20. The van der Waals surface area contributed by atoms with E-state index in [4.69, 9.17) is 22.4 Å². The van der Waals surface area contributed by atoms with Crippen LogP contribution < -0.4 is 16.2 Å². The second kappa shape index (κ2) is 8.05. The Labute approximate surface area is 186 Å². The molecular formula is C23H27ClN6O. The summed E-state index contributed by atoms with van der Waals surface area (Å²) >= 11 is 6.18. The number of anilines is 1. The molecule has 8 heteroatoms. The van der Waals surface area contributed by atoms with Gasteiger partial charge in [0.2, 0.25) is 5.95 Å². The van der Waals surface area contributed by atoms with Gasteiger partial charge >= 0.3 is 0 Å². The van der Waals surface area contributed by atoms with Gasteiger partial charge in [-0.3, -0.25) is 4.79 Å². The van der Waals surface area contributed by atoms with Crippen molar-refractivity contribution >= 4 is 17.5 Å². The van der Waals surface area contributed by atoms with Crippen molar-refractivity contribution in [2.45, 2.75) is 43.7 Å². The van der Waals surface area contributed by atoms with Gasteiger partial charge in [0.05, 0.1) is 11.2 Å². The molecule has 0 radical (unpaired) electrons. The Kier molecular flexibility index (Phi) is 5.58. The fraction of sp³-hybridized carbons (Fsp3) is 0.391. The van der Waals surface area contributed by atoms with Crippen molar-refractivity contribution < 1.29 is 0 Å². The summed E-state index contributed by atoms with van der Waals surface area (Å²) in [4.78, 5) is 23.3. The van der Waals surface area contributed by atoms with E-state index >= 15 is 0 Å². The molecule has 162 valence electrons. The summed E-state index contributed by atoms with van der Waals surface area (Å²) in [5.41, 5.74) is 8.24. The van der Waals surface area contributed by atoms with Gasteiger partial charge in [0.15, 0.2) is 0 Å². The standard InChI is InChI=1S/C23H27ClN6O/c1-22(9-11-23(25,12-10-22)17-5-4-6-18(24)13-17)30-20(31)8-7-19(28-30)16-14-26-21(27-15-16)29(2)3/h4-8,13-15H,9-12,25H2,1-3H3. The first-order valence-corrected chi connectivity index (χ1v) is 10.7. The largest absolute Gasteiger partial charge is 0.347 e. The van der Waals surface area contributed by atoms with Crippen LogP contribution in [0.25, 0.3) is 11.3 Å². The molecule has 0 unspecified atom stereocenters. The minimum absolute atomic E-state index is 0.121. The molecular weight excluding hydrogens is 412 g/mol. The van der Waals surface area contributed by atoms with Gasteiger partial charge in [-0.25, -0.2) is 14.6 Å². The molecule has 0 bridgehead atoms. The average Bonchev–Trinajstić information content (AvgIpc) is 2.76. The van der Waals surface area contributed by atoms with E-state index in [1.54, 1.807) is 29.2 Å². The van der Waals surface area contributed by atoms with Crippen LogP contribution in [0.5, 0.6) is 0 Å². The fourth-order valence-corrected chi connectivity index (χ4v) is 4.36. The van der Waals surface area contributed by atoms with Crippen LogP contribution in [0.3, 0.4) is 0 Å². The first kappa shape index (κ1) is 21.5. The molecule has 3 aromatic rings. The highest BCUT2D eigenvalue weighted by atomic mass is 35.5. The van der Waals surface area contributed by atoms with E-state index in [9.17, 15) is 4.79 Å². The molecule has 4 rings (SSSR count). The Morgan fingerprint density at radius 1 is 1.06 bits per heavy atom. The van der Waals surface area contributed by atoms with Crippen LogP contribution in [0.4, 0.5) is 5.95 Å². The highest BCUT2D eigenvalue weighted by Gasteiger charge is 2.41. The summed E-state index contributed by atoms with van der Waals surface area (Å²) in [7, 11) is 3.77. The number of hydrogen-bond acceptors (Lipinski definition) is 6. The summed E-state index contributed by atoms with van der Waals surface area (Å²) in [5.74, 6) is 0.622. The quantitative estimate of drug-likeness (QED) is 0.669. The molecule has 0 spiro atoms. The maximum absolute atomic E-state index is 12.7. The summed E-state index contributed by atoms with van der Waals surface area (Å²) in [6, 6.07) is 11.0. The summed E-state index contributed by atoms with van der Waals surface area (Å²) in [6.07, 6.45) is 6.41. The van der Waals surface area contributed by atoms with Crippen LogP contribution in [-0.4, -0.2) is 33.8 Å². The molecule has 1 saturated carbocycles. The number of aromatic nitrogens is 4. The van der Waals surface area contributed by atoms with E-state index < -0.39 is 11.1 Å². The monoisotopic (exact) mass is 438 g/mol. The van der Waals surface area contributed by atoms with Crippen LogP contribution in [0.2, 0.25) is 5.02 Å². The minimum Gasteiger partial charge on any atom is -0.347 e. The van der Waals surface area contributed by atoms with Crippen molar-refractivity contribution in [3.05, 3.63) is 69.7 Å². The Morgan fingerprint density at radius 3 is 2.35 bits per heavy atom. The normalized spacial score (nSPS) is 23.5. The Hall–Kier alpha value is -2.77. The molecule has 0 atom stereocenters. The molecule has 2 aromatic heterocycles. The third-order valence-electron chi connectivity index (χ3n) is 6.26. The van der Waals surface area contributed by atoms with Crippen LogP contribution in [0.1, 0.15) is 38.2 Å². The van der Waals surface area contributed by atoms with Gasteiger partial charge in [0.25, 0.3) is 5.56 Å². The van der Waals surface area contributed by atoms with E-state index in [0.717, 1.165) is 36.8 Å². The van der Waals surface area contributed by atoms with Gasteiger partial charge < -0.3 is 10.6 Å². The second-order valence-electron chi connectivity index (χ2n) is 8.80. The van der Waals surface area contributed by atoms with Gasteiger partial charge in [-0.15, -0.1) is 0 Å². The van der Waals surface area contributed by atoms with Gasteiger partial charge in [-0.05, 0) is 56.4 Å². The molecule has 1 aliphatic rings. The molecule has 2 N–H and O–H groups in total. The summed E-state index contributed by atoms with van der Waals surface area (Å²) in [6.45, 7) is 2.08. The number of hydrogen-bond donors (Lipinski definition) is 1. The molecule has 7 nitrogen and oxygen atoms in total. The van der Waals surface area contributed by atoms with Crippen LogP contribution in [-0.2, 0) is 11.1 Å². The predicted octanol–water partition coefficient (Wildman–Crippen LogP) is 3.56. The molecule has 1 fully saturated rings. The summed E-state index contributed by atoms with van der Waals surface area (Å²) in [5, 5.41) is 5.38. The molecule has 0 aliphatic heterocycles. The average molecular weight is 439 g/mol. The van der Waals surface area contributed by atoms with E-state index in [-0.39, 0.29) is 5.56 Å². The van der Waals surface area contributed by atoms with E-state index in [0.29, 0.717) is 16.7 Å². The van der Waals surface area contributed by atoms with Gasteiger partial charge in [-0.2, -0.15) is 5.10 Å². The van der Waals surface area contributed by atoms with E-state index in [1.807, 2.05) is 43.3 Å². The first-order valence-electron chi connectivity index (χ1n) is 10.4. The molecule has 1 aliphatic carbocycles. The molecule has 1 aromatic carbocycles. The highest BCUT2D eigenvalue weighted by Crippen LogP contribution is 2.42. The lowest BCUT2D eigenvalue weighted by Gasteiger charge is -2.43.